The molecule has 1 saturated heterocycles. The molecule has 0 radical (unpaired) electrons. The minimum atomic E-state index is -4.61. The van der Waals surface area contributed by atoms with Crippen LogP contribution >= 0.6 is 11.6 Å². The van der Waals surface area contributed by atoms with Crippen molar-refractivity contribution in [2.75, 3.05) is 30.1 Å². The van der Waals surface area contributed by atoms with Crippen LogP contribution in [0.1, 0.15) is 31.7 Å². The normalized spacial score (nSPS) is 27.0. The van der Waals surface area contributed by atoms with Gasteiger partial charge in [-0.05, 0) is 54.7 Å². The van der Waals surface area contributed by atoms with E-state index in [2.05, 4.69) is 15.0 Å². The standard InChI is InChI=1S/C27H30ClF3N4O3/c1-15-22(11-25(36)37)35(33-26(15)27(29,30)31)19-7-3-16(4-8-19)9-20-17-5-6-18(20)14-34(13-17)23-10-24(38-2)32-12-21(23)28/h3-4,7-8,10,12,15,17-18,20,22H,5-6,9,11,13-14H2,1-2H3,(H,36,37)/t15-,17-,18+,20?,22-/m0/s1. The molecule has 1 aromatic heterocycles. The maximum atomic E-state index is 13.5. The van der Waals surface area contributed by atoms with Crippen LogP contribution in [0.15, 0.2) is 41.6 Å². The Bertz CT molecular complexity index is 1210. The number of pyridine rings is 1. The second kappa shape index (κ2) is 10.3. The van der Waals surface area contributed by atoms with Crippen LogP contribution in [0, 0.1) is 23.7 Å². The van der Waals surface area contributed by atoms with Gasteiger partial charge in [0.05, 0.1) is 42.2 Å². The smallest absolute Gasteiger partial charge is 0.431 e. The molecule has 1 unspecified atom stereocenters. The summed E-state index contributed by atoms with van der Waals surface area (Å²) in [7, 11) is 1.58. The van der Waals surface area contributed by atoms with Crippen LogP contribution in [-0.4, -0.2) is 54.2 Å². The quantitative estimate of drug-likeness (QED) is 0.479. The molecule has 3 aliphatic rings. The van der Waals surface area contributed by atoms with Gasteiger partial charge in [-0.3, -0.25) is 9.80 Å². The number of carboxylic acids is 1. The Morgan fingerprint density at radius 1 is 1.18 bits per heavy atom. The van der Waals surface area contributed by atoms with E-state index < -0.39 is 36.2 Å². The van der Waals surface area contributed by atoms with Crippen molar-refractivity contribution in [1.82, 2.24) is 4.98 Å². The molecule has 1 aromatic carbocycles. The molecule has 2 bridgehead atoms. The molecule has 0 spiro atoms. The highest BCUT2D eigenvalue weighted by Gasteiger charge is 2.49. The number of fused-ring (bicyclic) bond motifs is 2. The van der Waals surface area contributed by atoms with Crippen LogP contribution in [0.4, 0.5) is 24.5 Å². The van der Waals surface area contributed by atoms with Gasteiger partial charge in [0.2, 0.25) is 5.88 Å². The fourth-order valence-electron chi connectivity index (χ4n) is 6.37. The van der Waals surface area contributed by atoms with Crippen molar-refractivity contribution in [3.05, 3.63) is 47.1 Å². The van der Waals surface area contributed by atoms with Gasteiger partial charge in [-0.25, -0.2) is 4.98 Å². The fourth-order valence-corrected chi connectivity index (χ4v) is 6.59. The number of ether oxygens (including phenoxy) is 1. The Labute approximate surface area is 224 Å². The number of nitrogens with zero attached hydrogens (tertiary/aromatic N) is 4. The maximum absolute atomic E-state index is 13.5. The van der Waals surface area contributed by atoms with Gasteiger partial charge in [-0.1, -0.05) is 30.7 Å². The predicted molar refractivity (Wildman–Crippen MR) is 139 cm³/mol. The first-order valence-electron chi connectivity index (χ1n) is 12.7. The minimum absolute atomic E-state index is 0.429. The second-order valence-corrected chi connectivity index (χ2v) is 10.9. The zero-order chi connectivity index (χ0) is 27.2. The third-order valence-corrected chi connectivity index (χ3v) is 8.56. The molecule has 2 fully saturated rings. The number of carbonyl (C=O) groups is 1. The van der Waals surface area contributed by atoms with Gasteiger partial charge in [-0.2, -0.15) is 18.3 Å². The molecule has 1 saturated carbocycles. The molecule has 0 amide bonds. The lowest BCUT2D eigenvalue weighted by Crippen LogP contribution is -2.42. The number of aliphatic carboxylic acids is 1. The number of anilines is 2. The number of hydrogen-bond donors (Lipinski definition) is 1. The number of rotatable bonds is 7. The molecule has 2 aliphatic heterocycles. The number of hydrogen-bond acceptors (Lipinski definition) is 6. The number of aromatic nitrogens is 1. The Kier molecular flexibility index (Phi) is 7.19. The zero-order valence-electron chi connectivity index (χ0n) is 21.2. The zero-order valence-corrected chi connectivity index (χ0v) is 21.9. The first kappa shape index (κ1) is 26.6. The highest BCUT2D eigenvalue weighted by Crippen LogP contribution is 2.46. The molecular formula is C27H30ClF3N4O3. The minimum Gasteiger partial charge on any atom is -0.481 e. The van der Waals surface area contributed by atoms with Gasteiger partial charge in [0, 0.05) is 25.1 Å². The lowest BCUT2D eigenvalue weighted by molar-refractivity contribution is -0.137. The number of methoxy groups -OCH3 is 1. The fraction of sp³-hybridized carbons (Fsp3) is 0.519. The molecule has 1 aliphatic carbocycles. The first-order valence-corrected chi connectivity index (χ1v) is 13.1. The summed E-state index contributed by atoms with van der Waals surface area (Å²) in [6, 6.07) is 8.34. The van der Waals surface area contributed by atoms with Crippen LogP contribution in [0.2, 0.25) is 5.02 Å². The topological polar surface area (TPSA) is 78.3 Å². The van der Waals surface area contributed by atoms with Crippen LogP contribution < -0.4 is 14.6 Å². The summed E-state index contributed by atoms with van der Waals surface area (Å²) in [5.74, 6) is -0.163. The van der Waals surface area contributed by atoms with Crippen molar-refractivity contribution < 1.29 is 27.8 Å². The number of piperidine rings is 1. The molecule has 204 valence electrons. The summed E-state index contributed by atoms with van der Waals surface area (Å²) in [6.45, 7) is 3.17. The molecule has 2 aromatic rings. The summed E-state index contributed by atoms with van der Waals surface area (Å²) in [5, 5.41) is 14.9. The number of halogens is 4. The average molecular weight is 551 g/mol. The number of carboxylic acid groups (broad SMARTS) is 1. The van der Waals surface area contributed by atoms with Gasteiger partial charge in [-0.15, -0.1) is 0 Å². The molecule has 5 rings (SSSR count). The number of benzene rings is 1. The number of alkyl halides is 3. The van der Waals surface area contributed by atoms with E-state index in [9.17, 15) is 23.1 Å². The summed E-state index contributed by atoms with van der Waals surface area (Å²) >= 11 is 6.45. The van der Waals surface area contributed by atoms with E-state index in [1.165, 1.54) is 11.9 Å². The Morgan fingerprint density at radius 2 is 1.84 bits per heavy atom. The van der Waals surface area contributed by atoms with Crippen LogP contribution in [0.25, 0.3) is 0 Å². The van der Waals surface area contributed by atoms with Crippen molar-refractivity contribution in [3.8, 4) is 5.88 Å². The van der Waals surface area contributed by atoms with E-state index in [4.69, 9.17) is 16.3 Å². The van der Waals surface area contributed by atoms with Crippen molar-refractivity contribution in [2.24, 2.45) is 28.8 Å². The summed E-state index contributed by atoms with van der Waals surface area (Å²) in [6.07, 6.45) is -0.258. The van der Waals surface area contributed by atoms with Gasteiger partial charge >= 0.3 is 12.1 Å². The van der Waals surface area contributed by atoms with E-state index in [-0.39, 0.29) is 0 Å². The third kappa shape index (κ3) is 5.15. The van der Waals surface area contributed by atoms with Crippen molar-refractivity contribution in [2.45, 2.75) is 44.8 Å². The summed E-state index contributed by atoms with van der Waals surface area (Å²) in [5.41, 5.74) is 1.57. The average Bonchev–Trinajstić information content (AvgIpc) is 3.30. The third-order valence-electron chi connectivity index (χ3n) is 8.27. The molecule has 3 heterocycles. The van der Waals surface area contributed by atoms with Crippen LogP contribution in [0.5, 0.6) is 5.88 Å². The van der Waals surface area contributed by atoms with E-state index >= 15 is 0 Å². The SMILES string of the molecule is COc1cc(N2C[C@H]3CC[C@@H](C2)C3Cc2ccc(N3N=C(C(F)(F)F)[C@@H](C)[C@@H]3CC(=O)O)cc2)c(Cl)cn1. The monoisotopic (exact) mass is 550 g/mol. The van der Waals surface area contributed by atoms with Crippen molar-refractivity contribution in [1.29, 1.82) is 0 Å². The lowest BCUT2D eigenvalue weighted by Gasteiger charge is -2.40. The van der Waals surface area contributed by atoms with E-state index in [0.717, 1.165) is 43.6 Å². The van der Waals surface area contributed by atoms with Crippen LogP contribution in [0.3, 0.4) is 0 Å². The second-order valence-electron chi connectivity index (χ2n) is 10.5. The van der Waals surface area contributed by atoms with Gasteiger partial charge < -0.3 is 14.7 Å². The van der Waals surface area contributed by atoms with Gasteiger partial charge in [0.15, 0.2) is 0 Å². The van der Waals surface area contributed by atoms with Crippen molar-refractivity contribution in [3.63, 3.8) is 0 Å². The van der Waals surface area contributed by atoms with E-state index in [1.54, 1.807) is 25.4 Å². The van der Waals surface area contributed by atoms with Crippen LogP contribution in [-0.2, 0) is 11.2 Å². The Morgan fingerprint density at radius 3 is 2.42 bits per heavy atom. The Hall–Kier alpha value is -3.01. The maximum Gasteiger partial charge on any atom is 0.431 e. The van der Waals surface area contributed by atoms with Gasteiger partial charge in [0.25, 0.3) is 0 Å². The molecule has 1 N–H and O–H groups in total. The largest absolute Gasteiger partial charge is 0.481 e. The summed E-state index contributed by atoms with van der Waals surface area (Å²) in [4.78, 5) is 17.9. The highest BCUT2D eigenvalue weighted by atomic mass is 35.5. The summed E-state index contributed by atoms with van der Waals surface area (Å²) < 4.78 is 45.7. The highest BCUT2D eigenvalue weighted by molar-refractivity contribution is 6.33. The molecule has 7 nitrogen and oxygen atoms in total. The van der Waals surface area contributed by atoms with E-state index in [0.29, 0.717) is 34.3 Å². The number of hydrazone groups is 1. The molecular weight excluding hydrogens is 521 g/mol. The lowest BCUT2D eigenvalue weighted by atomic mass is 9.80. The molecule has 11 heteroatoms. The molecule has 5 atom stereocenters. The Balaban J connectivity index is 1.29. The molecule has 38 heavy (non-hydrogen) atoms. The first-order chi connectivity index (χ1) is 18.0. The van der Waals surface area contributed by atoms with E-state index in [1.807, 2.05) is 18.2 Å². The van der Waals surface area contributed by atoms with Gasteiger partial charge in [0.1, 0.15) is 5.71 Å². The predicted octanol–water partition coefficient (Wildman–Crippen LogP) is 5.67. The van der Waals surface area contributed by atoms with Crippen molar-refractivity contribution >= 4 is 34.7 Å².